The second-order valence-corrected chi connectivity index (χ2v) is 2.41. The topological polar surface area (TPSA) is 38.4 Å². The fourth-order valence-corrected chi connectivity index (χ4v) is 0.633. The van der Waals surface area contributed by atoms with Gasteiger partial charge in [0.15, 0.2) is 12.6 Å². The molecule has 3 heteroatoms. The molecule has 0 aliphatic carbocycles. The summed E-state index contributed by atoms with van der Waals surface area (Å²) in [5.41, 5.74) is 0. The lowest BCUT2D eigenvalue weighted by atomic mass is 10.5. The molecule has 0 rings (SSSR count). The zero-order chi connectivity index (χ0) is 8.69. The number of hydrogen-bond donors (Lipinski definition) is 0. The Bertz CT molecular complexity index is 85.4. The third kappa shape index (κ3) is 6.28. The fraction of sp³-hybridized carbons (Fsp3) is 1.00. The summed E-state index contributed by atoms with van der Waals surface area (Å²) >= 11 is 0. The van der Waals surface area contributed by atoms with E-state index in [1.165, 1.54) is 0 Å². The van der Waals surface area contributed by atoms with Crippen LogP contribution in [0.1, 0.15) is 33.6 Å². The van der Waals surface area contributed by atoms with Crippen LogP contribution in [0, 0.1) is 0 Å². The molecule has 0 aromatic rings. The lowest BCUT2D eigenvalue weighted by molar-refractivity contribution is -0.240. The van der Waals surface area contributed by atoms with Crippen molar-refractivity contribution in [3.63, 3.8) is 0 Å². The molecule has 0 amide bonds. The highest BCUT2D eigenvalue weighted by Crippen LogP contribution is 2.01. The van der Waals surface area contributed by atoms with E-state index in [0.29, 0.717) is 13.0 Å². The van der Waals surface area contributed by atoms with Gasteiger partial charge in [-0.3, -0.25) is 0 Å². The molecule has 3 nitrogen and oxygen atoms in total. The van der Waals surface area contributed by atoms with Crippen molar-refractivity contribution in [1.29, 1.82) is 0 Å². The van der Waals surface area contributed by atoms with Gasteiger partial charge in [-0.25, -0.2) is 5.11 Å². The lowest BCUT2D eigenvalue weighted by Crippen LogP contribution is -2.20. The molecule has 0 aliphatic heterocycles. The average molecular weight is 161 g/mol. The molecule has 0 heterocycles. The highest BCUT2D eigenvalue weighted by Gasteiger charge is 2.08. The van der Waals surface area contributed by atoms with Crippen LogP contribution in [-0.2, 0) is 14.6 Å². The minimum atomic E-state index is -0.943. The Balaban J connectivity index is 3.27. The highest BCUT2D eigenvalue weighted by atomic mass is 16.7. The van der Waals surface area contributed by atoms with Gasteiger partial charge in [0, 0.05) is 6.61 Å². The summed E-state index contributed by atoms with van der Waals surface area (Å²) in [6, 6.07) is 0. The predicted molar refractivity (Wildman–Crippen MR) is 41.6 cm³/mol. The predicted octanol–water partition coefficient (Wildman–Crippen LogP) is 1.94. The Kier molecular flexibility index (Phi) is 6.51. The molecule has 0 N–H and O–H groups in total. The molecule has 11 heavy (non-hydrogen) atoms. The van der Waals surface area contributed by atoms with Crippen molar-refractivity contribution in [2.75, 3.05) is 6.61 Å². The second-order valence-electron chi connectivity index (χ2n) is 2.41. The molecule has 0 aromatic carbocycles. The van der Waals surface area contributed by atoms with E-state index in [1.807, 2.05) is 6.92 Å². The summed E-state index contributed by atoms with van der Waals surface area (Å²) in [5, 5.41) is 10.8. The van der Waals surface area contributed by atoms with Gasteiger partial charge in [0.1, 0.15) is 0 Å². The lowest BCUT2D eigenvalue weighted by Gasteiger charge is -2.15. The number of ether oxygens (including phenoxy) is 2. The standard InChI is InChI=1S/C8H17O3/c1-4-6-10-7(3)11-8(9)5-2/h7-8H,4-6H2,1-3H3. The van der Waals surface area contributed by atoms with Gasteiger partial charge in [-0.05, 0) is 19.8 Å². The van der Waals surface area contributed by atoms with E-state index in [9.17, 15) is 5.11 Å². The molecule has 0 saturated heterocycles. The molecule has 67 valence electrons. The Morgan fingerprint density at radius 1 is 1.36 bits per heavy atom. The third-order valence-electron chi connectivity index (χ3n) is 1.23. The van der Waals surface area contributed by atoms with Gasteiger partial charge in [0.25, 0.3) is 0 Å². The Morgan fingerprint density at radius 2 is 2.00 bits per heavy atom. The third-order valence-corrected chi connectivity index (χ3v) is 1.23. The smallest absolute Gasteiger partial charge is 0.194 e. The van der Waals surface area contributed by atoms with E-state index in [1.54, 1.807) is 13.8 Å². The monoisotopic (exact) mass is 161 g/mol. The number of hydrogen-bond acceptors (Lipinski definition) is 2. The summed E-state index contributed by atoms with van der Waals surface area (Å²) in [4.78, 5) is 0. The molecule has 0 aliphatic rings. The van der Waals surface area contributed by atoms with Crippen LogP contribution in [-0.4, -0.2) is 19.2 Å². The van der Waals surface area contributed by atoms with E-state index >= 15 is 0 Å². The first kappa shape index (κ1) is 10.9. The van der Waals surface area contributed by atoms with Gasteiger partial charge in [-0.1, -0.05) is 13.8 Å². The summed E-state index contributed by atoms with van der Waals surface area (Å²) in [7, 11) is 0. The van der Waals surface area contributed by atoms with E-state index in [0.717, 1.165) is 6.42 Å². The summed E-state index contributed by atoms with van der Waals surface area (Å²) in [6.45, 7) is 6.21. The zero-order valence-electron chi connectivity index (χ0n) is 7.50. The van der Waals surface area contributed by atoms with Crippen molar-refractivity contribution in [1.82, 2.24) is 0 Å². The minimum absolute atomic E-state index is 0.364. The van der Waals surface area contributed by atoms with Crippen molar-refractivity contribution in [2.24, 2.45) is 0 Å². The Hall–Kier alpha value is -0.120. The highest BCUT2D eigenvalue weighted by molar-refractivity contribution is 4.37. The average Bonchev–Trinajstić information content (AvgIpc) is 2.00. The fourth-order valence-electron chi connectivity index (χ4n) is 0.633. The van der Waals surface area contributed by atoms with Crippen molar-refractivity contribution < 1.29 is 14.6 Å². The minimum Gasteiger partial charge on any atom is -0.353 e. The van der Waals surface area contributed by atoms with Crippen LogP contribution < -0.4 is 0 Å². The van der Waals surface area contributed by atoms with Gasteiger partial charge >= 0.3 is 0 Å². The van der Waals surface area contributed by atoms with Crippen molar-refractivity contribution in [3.8, 4) is 0 Å². The summed E-state index contributed by atoms with van der Waals surface area (Å²) in [6.07, 6.45) is 0.127. The van der Waals surface area contributed by atoms with Crippen LogP contribution in [0.4, 0.5) is 0 Å². The Labute approximate surface area is 68.3 Å². The van der Waals surface area contributed by atoms with Crippen molar-refractivity contribution in [2.45, 2.75) is 46.2 Å². The van der Waals surface area contributed by atoms with Gasteiger partial charge in [-0.2, -0.15) is 0 Å². The molecular formula is C8H17O3. The molecule has 1 radical (unpaired) electrons. The molecule has 0 saturated carbocycles. The van der Waals surface area contributed by atoms with Gasteiger partial charge in [0.2, 0.25) is 0 Å². The van der Waals surface area contributed by atoms with Crippen LogP contribution in [0.15, 0.2) is 0 Å². The van der Waals surface area contributed by atoms with Crippen LogP contribution in [0.5, 0.6) is 0 Å². The second kappa shape index (κ2) is 6.58. The maximum absolute atomic E-state index is 10.8. The molecule has 2 atom stereocenters. The SMILES string of the molecule is CCCOC(C)OC([O])CC. The van der Waals surface area contributed by atoms with Crippen molar-refractivity contribution in [3.05, 3.63) is 0 Å². The first-order chi connectivity index (χ1) is 5.20. The molecule has 0 bridgehead atoms. The van der Waals surface area contributed by atoms with Gasteiger partial charge < -0.3 is 9.47 Å². The van der Waals surface area contributed by atoms with Crippen molar-refractivity contribution >= 4 is 0 Å². The van der Waals surface area contributed by atoms with Crippen LogP contribution >= 0.6 is 0 Å². The van der Waals surface area contributed by atoms with Gasteiger partial charge in [0.05, 0.1) is 0 Å². The van der Waals surface area contributed by atoms with E-state index in [4.69, 9.17) is 9.47 Å². The van der Waals surface area contributed by atoms with Crippen LogP contribution in [0.3, 0.4) is 0 Å². The Morgan fingerprint density at radius 3 is 2.45 bits per heavy atom. The maximum Gasteiger partial charge on any atom is 0.194 e. The summed E-state index contributed by atoms with van der Waals surface area (Å²) < 4.78 is 10.1. The first-order valence-electron chi connectivity index (χ1n) is 4.13. The molecule has 0 spiro atoms. The largest absolute Gasteiger partial charge is 0.353 e. The van der Waals surface area contributed by atoms with E-state index in [2.05, 4.69) is 0 Å². The maximum atomic E-state index is 10.8. The summed E-state index contributed by atoms with van der Waals surface area (Å²) in [5.74, 6) is 0. The normalized spacial score (nSPS) is 16.4. The number of rotatable bonds is 6. The quantitative estimate of drug-likeness (QED) is 0.558. The van der Waals surface area contributed by atoms with Crippen LogP contribution in [0.25, 0.3) is 0 Å². The molecular weight excluding hydrogens is 144 g/mol. The molecule has 2 unspecified atom stereocenters. The van der Waals surface area contributed by atoms with Gasteiger partial charge in [-0.15, -0.1) is 0 Å². The molecule has 0 fully saturated rings. The van der Waals surface area contributed by atoms with Crippen LogP contribution in [0.2, 0.25) is 0 Å². The van der Waals surface area contributed by atoms with E-state index < -0.39 is 6.29 Å². The first-order valence-corrected chi connectivity index (χ1v) is 4.13. The zero-order valence-corrected chi connectivity index (χ0v) is 7.50. The van der Waals surface area contributed by atoms with E-state index in [-0.39, 0.29) is 6.29 Å². The molecule has 0 aromatic heterocycles.